The highest BCUT2D eigenvalue weighted by Crippen LogP contribution is 2.37. The highest BCUT2D eigenvalue weighted by Gasteiger charge is 2.25. The second-order valence-electron chi connectivity index (χ2n) is 7.77. The Kier molecular flexibility index (Phi) is 7.26. The number of rotatable bonds is 7. The monoisotopic (exact) mass is 416 g/mol. The second-order valence-corrected chi connectivity index (χ2v) is 8.18. The number of piperidine rings is 1. The summed E-state index contributed by atoms with van der Waals surface area (Å²) in [5.74, 6) is 1.31. The van der Waals surface area contributed by atoms with Gasteiger partial charge in [0.15, 0.2) is 11.5 Å². The fourth-order valence-corrected chi connectivity index (χ4v) is 3.68. The van der Waals surface area contributed by atoms with Gasteiger partial charge in [0, 0.05) is 30.4 Å². The summed E-state index contributed by atoms with van der Waals surface area (Å²) in [5.41, 5.74) is 1.64. The average molecular weight is 417 g/mol. The number of carbonyl (C=O) groups is 1. The maximum absolute atomic E-state index is 13.0. The summed E-state index contributed by atoms with van der Waals surface area (Å²) < 4.78 is 11.2. The van der Waals surface area contributed by atoms with Gasteiger partial charge in [-0.2, -0.15) is 0 Å². The maximum Gasteiger partial charge on any atom is 0.254 e. The van der Waals surface area contributed by atoms with Gasteiger partial charge in [0.25, 0.3) is 5.91 Å². The molecule has 29 heavy (non-hydrogen) atoms. The highest BCUT2D eigenvalue weighted by molar-refractivity contribution is 6.32. The minimum absolute atomic E-state index is 0.0289. The molecule has 0 radical (unpaired) electrons. The first kappa shape index (κ1) is 21.3. The van der Waals surface area contributed by atoms with Gasteiger partial charge in [0.1, 0.15) is 0 Å². The fraction of sp³-hybridized carbons (Fsp3) is 0.435. The molecule has 3 rings (SSSR count). The number of hydrogen-bond acceptors (Lipinski definition) is 4. The lowest BCUT2D eigenvalue weighted by Gasteiger charge is -2.33. The van der Waals surface area contributed by atoms with Crippen molar-refractivity contribution in [3.63, 3.8) is 0 Å². The molecular formula is C23H29ClN2O3. The molecule has 6 heteroatoms. The number of carbonyl (C=O) groups excluding carboxylic acids is 1. The number of hydrogen-bond donors (Lipinski definition) is 1. The molecule has 0 saturated carbocycles. The molecule has 0 aliphatic carbocycles. The third-order valence-corrected chi connectivity index (χ3v) is 5.24. The molecule has 0 spiro atoms. The second kappa shape index (κ2) is 9.88. The molecule has 0 unspecified atom stereocenters. The van der Waals surface area contributed by atoms with Crippen LogP contribution in [0.15, 0.2) is 42.5 Å². The minimum Gasteiger partial charge on any atom is -0.493 e. The Hall–Kier alpha value is -2.40. The number of benzene rings is 2. The average Bonchev–Trinajstić information content (AvgIpc) is 2.73. The van der Waals surface area contributed by atoms with Crippen LogP contribution in [-0.4, -0.2) is 43.7 Å². The van der Waals surface area contributed by atoms with E-state index in [2.05, 4.69) is 31.3 Å². The van der Waals surface area contributed by atoms with Gasteiger partial charge in [-0.3, -0.25) is 4.79 Å². The van der Waals surface area contributed by atoms with Crippen molar-refractivity contribution in [2.75, 3.05) is 32.1 Å². The third kappa shape index (κ3) is 5.57. The molecule has 1 fully saturated rings. The zero-order chi connectivity index (χ0) is 20.8. The van der Waals surface area contributed by atoms with Gasteiger partial charge in [-0.25, -0.2) is 0 Å². The van der Waals surface area contributed by atoms with Gasteiger partial charge in [-0.05, 0) is 43.0 Å². The van der Waals surface area contributed by atoms with E-state index in [1.165, 1.54) is 0 Å². The van der Waals surface area contributed by atoms with Crippen LogP contribution in [0.1, 0.15) is 37.0 Å². The molecule has 1 amide bonds. The molecule has 2 aromatic rings. The quantitative estimate of drug-likeness (QED) is 0.682. The van der Waals surface area contributed by atoms with Crippen molar-refractivity contribution in [3.05, 3.63) is 53.1 Å². The molecule has 0 bridgehead atoms. The van der Waals surface area contributed by atoms with Crippen LogP contribution in [0, 0.1) is 5.92 Å². The number of nitrogens with zero attached hydrogens (tertiary/aromatic N) is 1. The molecule has 1 heterocycles. The zero-order valence-corrected chi connectivity index (χ0v) is 18.0. The van der Waals surface area contributed by atoms with E-state index in [1.807, 2.05) is 23.1 Å². The fourth-order valence-electron chi connectivity index (χ4n) is 3.41. The van der Waals surface area contributed by atoms with E-state index < -0.39 is 0 Å². The van der Waals surface area contributed by atoms with Crippen molar-refractivity contribution < 1.29 is 14.3 Å². The SMILES string of the molecule is COc1cc(C(=O)N2CCC(Nc3ccccc3)CC2)cc(Cl)c1OCC(C)C. The number of para-hydroxylation sites is 1. The van der Waals surface area contributed by atoms with Crippen molar-refractivity contribution in [2.24, 2.45) is 5.92 Å². The molecule has 1 aliphatic heterocycles. The van der Waals surface area contributed by atoms with Crippen molar-refractivity contribution in [1.29, 1.82) is 0 Å². The molecule has 156 valence electrons. The summed E-state index contributed by atoms with van der Waals surface area (Å²) in [6.07, 6.45) is 1.81. The zero-order valence-electron chi connectivity index (χ0n) is 17.3. The summed E-state index contributed by atoms with van der Waals surface area (Å²) in [6, 6.07) is 13.9. The Morgan fingerprint density at radius 2 is 1.90 bits per heavy atom. The van der Waals surface area contributed by atoms with E-state index in [0.29, 0.717) is 53.7 Å². The Morgan fingerprint density at radius 1 is 1.21 bits per heavy atom. The predicted molar refractivity (Wildman–Crippen MR) is 117 cm³/mol. The smallest absolute Gasteiger partial charge is 0.254 e. The van der Waals surface area contributed by atoms with Crippen molar-refractivity contribution >= 4 is 23.2 Å². The Balaban J connectivity index is 1.64. The van der Waals surface area contributed by atoms with E-state index in [0.717, 1.165) is 18.5 Å². The third-order valence-electron chi connectivity index (χ3n) is 4.96. The van der Waals surface area contributed by atoms with Crippen molar-refractivity contribution in [3.8, 4) is 11.5 Å². The van der Waals surface area contributed by atoms with Crippen LogP contribution < -0.4 is 14.8 Å². The molecule has 5 nitrogen and oxygen atoms in total. The van der Waals surface area contributed by atoms with Crippen LogP contribution in [-0.2, 0) is 0 Å². The normalized spacial score (nSPS) is 14.7. The molecular weight excluding hydrogens is 388 g/mol. The van der Waals surface area contributed by atoms with Crippen molar-refractivity contribution in [2.45, 2.75) is 32.7 Å². The van der Waals surface area contributed by atoms with E-state index in [-0.39, 0.29) is 5.91 Å². The Bertz CT molecular complexity index is 818. The standard InChI is InChI=1S/C23H29ClN2O3/c1-16(2)15-29-22-20(24)13-17(14-21(22)28-3)23(27)26-11-9-19(10-12-26)25-18-7-5-4-6-8-18/h4-8,13-14,16,19,25H,9-12,15H2,1-3H3. The van der Waals surface area contributed by atoms with Gasteiger partial charge in [0.05, 0.1) is 18.7 Å². The summed E-state index contributed by atoms with van der Waals surface area (Å²) >= 11 is 6.41. The summed E-state index contributed by atoms with van der Waals surface area (Å²) in [7, 11) is 1.56. The van der Waals surface area contributed by atoms with Gasteiger partial charge >= 0.3 is 0 Å². The van der Waals surface area contributed by atoms with Crippen LogP contribution in [0.4, 0.5) is 5.69 Å². The Morgan fingerprint density at radius 3 is 2.52 bits per heavy atom. The molecule has 1 N–H and O–H groups in total. The van der Waals surface area contributed by atoms with E-state index >= 15 is 0 Å². The topological polar surface area (TPSA) is 50.8 Å². The lowest BCUT2D eigenvalue weighted by molar-refractivity contribution is 0.0718. The largest absolute Gasteiger partial charge is 0.493 e. The Labute approximate surface area is 177 Å². The predicted octanol–water partition coefficient (Wildman–Crippen LogP) is 5.10. The summed E-state index contributed by atoms with van der Waals surface area (Å²) in [5, 5.41) is 3.94. The summed E-state index contributed by atoms with van der Waals surface area (Å²) in [6.45, 7) is 6.07. The van der Waals surface area contributed by atoms with Crippen LogP contribution >= 0.6 is 11.6 Å². The molecule has 2 aromatic carbocycles. The maximum atomic E-state index is 13.0. The van der Waals surface area contributed by atoms with Crippen LogP contribution in [0.5, 0.6) is 11.5 Å². The van der Waals surface area contributed by atoms with Gasteiger partial charge in [-0.1, -0.05) is 43.6 Å². The van der Waals surface area contributed by atoms with Gasteiger partial charge in [-0.15, -0.1) is 0 Å². The number of likely N-dealkylation sites (tertiary alicyclic amines) is 1. The highest BCUT2D eigenvalue weighted by atomic mass is 35.5. The van der Waals surface area contributed by atoms with Gasteiger partial charge < -0.3 is 19.7 Å². The first-order valence-corrected chi connectivity index (χ1v) is 10.5. The number of halogens is 1. The molecule has 1 aliphatic rings. The number of ether oxygens (including phenoxy) is 2. The number of methoxy groups -OCH3 is 1. The van der Waals surface area contributed by atoms with Gasteiger partial charge in [0.2, 0.25) is 0 Å². The molecule has 1 saturated heterocycles. The van der Waals surface area contributed by atoms with Crippen LogP contribution in [0.25, 0.3) is 0 Å². The van der Waals surface area contributed by atoms with Crippen LogP contribution in [0.3, 0.4) is 0 Å². The minimum atomic E-state index is -0.0289. The molecule has 0 aromatic heterocycles. The number of amides is 1. The number of nitrogens with one attached hydrogen (secondary N) is 1. The van der Waals surface area contributed by atoms with Crippen molar-refractivity contribution in [1.82, 2.24) is 4.90 Å². The first-order valence-electron chi connectivity index (χ1n) is 10.1. The lowest BCUT2D eigenvalue weighted by Crippen LogP contribution is -2.42. The van der Waals surface area contributed by atoms with Crippen LogP contribution in [0.2, 0.25) is 5.02 Å². The number of anilines is 1. The molecule has 0 atom stereocenters. The van der Waals surface area contributed by atoms with E-state index in [9.17, 15) is 4.79 Å². The van der Waals surface area contributed by atoms with E-state index in [4.69, 9.17) is 21.1 Å². The van der Waals surface area contributed by atoms with E-state index in [1.54, 1.807) is 19.2 Å². The summed E-state index contributed by atoms with van der Waals surface area (Å²) in [4.78, 5) is 14.9. The lowest BCUT2D eigenvalue weighted by atomic mass is 10.0. The first-order chi connectivity index (χ1) is 14.0.